The summed E-state index contributed by atoms with van der Waals surface area (Å²) in [7, 11) is 3.64. The van der Waals surface area contributed by atoms with Gasteiger partial charge in [0.2, 0.25) is 11.8 Å². The SMILES string of the molecule is Cc1ccc(CCN2C[C@]34C=C[C@H](O3)[C@H](C(=O)N(C)Cc3cnn(C)c3)[C@@H]4C2=O)cc1. The summed E-state index contributed by atoms with van der Waals surface area (Å²) in [6.45, 7) is 3.68. The Kier molecular flexibility index (Phi) is 4.73. The van der Waals surface area contributed by atoms with Crippen molar-refractivity contribution in [3.8, 4) is 0 Å². The molecule has 0 N–H and O–H groups in total. The molecule has 1 aromatic heterocycles. The van der Waals surface area contributed by atoms with Crippen molar-refractivity contribution < 1.29 is 14.3 Å². The van der Waals surface area contributed by atoms with Gasteiger partial charge in [-0.2, -0.15) is 5.10 Å². The van der Waals surface area contributed by atoms with Crippen LogP contribution >= 0.6 is 0 Å². The third kappa shape index (κ3) is 3.37. The van der Waals surface area contributed by atoms with Gasteiger partial charge in [-0.05, 0) is 18.9 Å². The number of nitrogens with zero attached hydrogens (tertiary/aromatic N) is 4. The Bertz CT molecular complexity index is 1040. The highest BCUT2D eigenvalue weighted by molar-refractivity contribution is 5.93. The molecule has 2 saturated heterocycles. The number of benzene rings is 1. The number of aromatic nitrogens is 2. The molecule has 31 heavy (non-hydrogen) atoms. The number of likely N-dealkylation sites (tertiary alicyclic amines) is 1. The smallest absolute Gasteiger partial charge is 0.230 e. The number of carbonyl (C=O) groups is 2. The van der Waals surface area contributed by atoms with E-state index in [0.29, 0.717) is 19.6 Å². The predicted molar refractivity (Wildman–Crippen MR) is 115 cm³/mol. The molecule has 7 nitrogen and oxygen atoms in total. The van der Waals surface area contributed by atoms with Gasteiger partial charge in [-0.1, -0.05) is 42.0 Å². The molecule has 0 unspecified atom stereocenters. The first kappa shape index (κ1) is 20.0. The minimum absolute atomic E-state index is 0.0343. The highest BCUT2D eigenvalue weighted by Gasteiger charge is 2.66. The molecule has 1 spiro atoms. The maximum atomic E-state index is 13.4. The number of hydrogen-bond acceptors (Lipinski definition) is 4. The van der Waals surface area contributed by atoms with E-state index in [4.69, 9.17) is 4.74 Å². The van der Waals surface area contributed by atoms with Crippen LogP contribution in [0.4, 0.5) is 0 Å². The van der Waals surface area contributed by atoms with E-state index in [9.17, 15) is 9.59 Å². The summed E-state index contributed by atoms with van der Waals surface area (Å²) in [5.41, 5.74) is 2.73. The van der Waals surface area contributed by atoms with Gasteiger partial charge < -0.3 is 14.5 Å². The van der Waals surface area contributed by atoms with Crippen molar-refractivity contribution in [3.63, 3.8) is 0 Å². The van der Waals surface area contributed by atoms with Gasteiger partial charge in [0, 0.05) is 38.9 Å². The average molecular weight is 421 g/mol. The van der Waals surface area contributed by atoms with Crippen LogP contribution in [-0.2, 0) is 34.3 Å². The Hall–Kier alpha value is -2.93. The molecule has 2 aromatic rings. The molecule has 162 valence electrons. The lowest BCUT2D eigenvalue weighted by Crippen LogP contribution is -2.44. The Morgan fingerprint density at radius 2 is 2.06 bits per heavy atom. The lowest BCUT2D eigenvalue weighted by atomic mass is 9.76. The third-order valence-corrected chi connectivity index (χ3v) is 6.81. The van der Waals surface area contributed by atoms with Crippen LogP contribution < -0.4 is 0 Å². The summed E-state index contributed by atoms with van der Waals surface area (Å²) in [5, 5.41) is 4.17. The molecule has 4 heterocycles. The molecule has 3 aliphatic rings. The molecule has 0 saturated carbocycles. The topological polar surface area (TPSA) is 67.7 Å². The fraction of sp³-hybridized carbons (Fsp3) is 0.458. The van der Waals surface area contributed by atoms with Crippen molar-refractivity contribution in [3.05, 3.63) is 65.5 Å². The summed E-state index contributed by atoms with van der Waals surface area (Å²) in [5.74, 6) is -0.918. The van der Waals surface area contributed by atoms with Gasteiger partial charge in [0.1, 0.15) is 5.60 Å². The van der Waals surface area contributed by atoms with Gasteiger partial charge in [-0.25, -0.2) is 0 Å². The van der Waals surface area contributed by atoms with E-state index in [1.165, 1.54) is 11.1 Å². The van der Waals surface area contributed by atoms with E-state index in [2.05, 4.69) is 36.3 Å². The number of ether oxygens (including phenoxy) is 1. The molecule has 0 radical (unpaired) electrons. The van der Waals surface area contributed by atoms with Gasteiger partial charge in [0.05, 0.1) is 30.7 Å². The minimum atomic E-state index is -0.662. The average Bonchev–Trinajstić information content (AvgIpc) is 3.49. The van der Waals surface area contributed by atoms with Gasteiger partial charge in [0.15, 0.2) is 0 Å². The summed E-state index contributed by atoms with van der Waals surface area (Å²) in [6.07, 6.45) is 8.11. The second-order valence-corrected chi connectivity index (χ2v) is 9.11. The zero-order chi connectivity index (χ0) is 21.8. The molecule has 3 aliphatic heterocycles. The van der Waals surface area contributed by atoms with Crippen molar-refractivity contribution in [2.75, 3.05) is 20.1 Å². The van der Waals surface area contributed by atoms with Crippen molar-refractivity contribution in [2.45, 2.75) is 31.6 Å². The van der Waals surface area contributed by atoms with Crippen molar-refractivity contribution in [1.29, 1.82) is 0 Å². The number of hydrogen-bond donors (Lipinski definition) is 0. The molecule has 0 aliphatic carbocycles. The molecule has 1 aromatic carbocycles. The normalized spacial score (nSPS) is 28.4. The maximum absolute atomic E-state index is 13.4. The standard InChI is InChI=1S/C24H28N4O3/c1-16-4-6-17(7-5-16)9-11-28-15-24-10-8-19(31-24)20(21(24)23(28)30)22(29)26(2)13-18-12-25-27(3)14-18/h4-8,10,12,14,19-21H,9,11,13,15H2,1-3H3/t19-,20-,21+,24-/m0/s1. The van der Waals surface area contributed by atoms with Gasteiger partial charge in [0.25, 0.3) is 0 Å². The quantitative estimate of drug-likeness (QED) is 0.668. The van der Waals surface area contributed by atoms with Crippen molar-refractivity contribution >= 4 is 11.8 Å². The van der Waals surface area contributed by atoms with Gasteiger partial charge in [-0.15, -0.1) is 0 Å². The maximum Gasteiger partial charge on any atom is 0.230 e. The van der Waals surface area contributed by atoms with Gasteiger partial charge in [-0.3, -0.25) is 14.3 Å². The Morgan fingerprint density at radius 1 is 1.29 bits per heavy atom. The molecule has 2 fully saturated rings. The molecule has 7 heteroatoms. The lowest BCUT2D eigenvalue weighted by Gasteiger charge is -2.27. The zero-order valence-electron chi connectivity index (χ0n) is 18.2. The molecule has 4 atom stereocenters. The zero-order valence-corrected chi connectivity index (χ0v) is 18.2. The number of aryl methyl sites for hydroxylation is 2. The Morgan fingerprint density at radius 3 is 2.77 bits per heavy atom. The van der Waals surface area contributed by atoms with Crippen LogP contribution in [0.5, 0.6) is 0 Å². The largest absolute Gasteiger partial charge is 0.360 e. The van der Waals surface area contributed by atoms with E-state index < -0.39 is 17.4 Å². The first-order chi connectivity index (χ1) is 14.9. The Labute approximate surface area is 182 Å². The fourth-order valence-corrected chi connectivity index (χ4v) is 5.23. The highest BCUT2D eigenvalue weighted by atomic mass is 16.5. The molecule has 2 amide bonds. The molecule has 5 rings (SSSR count). The minimum Gasteiger partial charge on any atom is -0.360 e. The van der Waals surface area contributed by atoms with Crippen LogP contribution in [0.25, 0.3) is 0 Å². The summed E-state index contributed by atoms with van der Waals surface area (Å²) in [6, 6.07) is 8.40. The van der Waals surface area contributed by atoms with Crippen LogP contribution in [0.15, 0.2) is 48.8 Å². The van der Waals surface area contributed by atoms with E-state index >= 15 is 0 Å². The van der Waals surface area contributed by atoms with E-state index in [1.54, 1.807) is 22.8 Å². The summed E-state index contributed by atoms with van der Waals surface area (Å²) in [4.78, 5) is 30.3. The Balaban J connectivity index is 1.30. The van der Waals surface area contributed by atoms with Crippen molar-refractivity contribution in [2.24, 2.45) is 18.9 Å². The number of carbonyl (C=O) groups excluding carboxylic acids is 2. The summed E-state index contributed by atoms with van der Waals surface area (Å²) >= 11 is 0. The second-order valence-electron chi connectivity index (χ2n) is 9.11. The van der Waals surface area contributed by atoms with Gasteiger partial charge >= 0.3 is 0 Å². The van der Waals surface area contributed by atoms with Crippen molar-refractivity contribution in [1.82, 2.24) is 19.6 Å². The van der Waals surface area contributed by atoms with Crippen LogP contribution in [0.2, 0.25) is 0 Å². The number of amides is 2. The third-order valence-electron chi connectivity index (χ3n) is 6.81. The van der Waals surface area contributed by atoms with Crippen LogP contribution in [0.1, 0.15) is 16.7 Å². The lowest BCUT2D eigenvalue weighted by molar-refractivity contribution is -0.142. The monoisotopic (exact) mass is 420 g/mol. The van der Waals surface area contributed by atoms with E-state index in [-0.39, 0.29) is 17.9 Å². The first-order valence-electron chi connectivity index (χ1n) is 10.8. The second kappa shape index (κ2) is 7.34. The van der Waals surface area contributed by atoms with E-state index in [1.807, 2.05) is 30.3 Å². The van der Waals surface area contributed by atoms with Crippen LogP contribution in [-0.4, -0.2) is 63.2 Å². The molecular formula is C24H28N4O3. The fourth-order valence-electron chi connectivity index (χ4n) is 5.23. The highest BCUT2D eigenvalue weighted by Crippen LogP contribution is 2.52. The van der Waals surface area contributed by atoms with Crippen LogP contribution in [0.3, 0.4) is 0 Å². The number of rotatable bonds is 6. The van der Waals surface area contributed by atoms with E-state index in [0.717, 1.165) is 12.0 Å². The first-order valence-corrected chi connectivity index (χ1v) is 10.8. The predicted octanol–water partition coefficient (Wildman–Crippen LogP) is 1.71. The van der Waals surface area contributed by atoms with Crippen LogP contribution in [0, 0.1) is 18.8 Å². The molecular weight excluding hydrogens is 392 g/mol. The number of fused-ring (bicyclic) bond motifs is 1. The molecule has 2 bridgehead atoms. The summed E-state index contributed by atoms with van der Waals surface area (Å²) < 4.78 is 7.97.